The lowest BCUT2D eigenvalue weighted by Crippen LogP contribution is -2.42. The minimum absolute atomic E-state index is 0.0851. The van der Waals surface area contributed by atoms with Crippen molar-refractivity contribution < 1.29 is 14.7 Å². The summed E-state index contributed by atoms with van der Waals surface area (Å²) in [7, 11) is 0. The number of urea groups is 1. The van der Waals surface area contributed by atoms with Crippen molar-refractivity contribution in [2.75, 3.05) is 13.1 Å². The van der Waals surface area contributed by atoms with E-state index in [1.165, 1.54) is 25.7 Å². The standard InChI is InChI=1S/C16H28N2O3/c1-11-5-2-3-6-12(11)9-17-16(21)18-10-13-7-4-8-14(13)15(19)20/h11-14H,2-10H2,1H3,(H,19,20)(H2,17,18,21). The van der Waals surface area contributed by atoms with E-state index in [0.717, 1.165) is 25.8 Å². The van der Waals surface area contributed by atoms with E-state index in [1.807, 2.05) is 0 Å². The van der Waals surface area contributed by atoms with Crippen LogP contribution in [0.15, 0.2) is 0 Å². The van der Waals surface area contributed by atoms with Gasteiger partial charge in [-0.25, -0.2) is 4.79 Å². The molecule has 0 aromatic carbocycles. The molecule has 5 nitrogen and oxygen atoms in total. The van der Waals surface area contributed by atoms with Crippen molar-refractivity contribution in [3.8, 4) is 0 Å². The van der Waals surface area contributed by atoms with E-state index in [2.05, 4.69) is 17.6 Å². The fourth-order valence-corrected chi connectivity index (χ4v) is 3.81. The lowest BCUT2D eigenvalue weighted by atomic mass is 9.80. The number of rotatable bonds is 5. The molecule has 2 amide bonds. The summed E-state index contributed by atoms with van der Waals surface area (Å²) in [6.07, 6.45) is 7.62. The Labute approximate surface area is 126 Å². The first-order valence-corrected chi connectivity index (χ1v) is 8.32. The minimum Gasteiger partial charge on any atom is -0.481 e. The van der Waals surface area contributed by atoms with Crippen LogP contribution in [-0.2, 0) is 4.79 Å². The van der Waals surface area contributed by atoms with Crippen LogP contribution in [0.4, 0.5) is 4.79 Å². The molecule has 21 heavy (non-hydrogen) atoms. The van der Waals surface area contributed by atoms with Gasteiger partial charge in [0.05, 0.1) is 5.92 Å². The first kappa shape index (κ1) is 16.1. The Morgan fingerprint density at radius 1 is 0.952 bits per heavy atom. The molecule has 0 aromatic rings. The largest absolute Gasteiger partial charge is 0.481 e. The van der Waals surface area contributed by atoms with Gasteiger partial charge in [0.1, 0.15) is 0 Å². The van der Waals surface area contributed by atoms with Gasteiger partial charge in [0, 0.05) is 13.1 Å². The van der Waals surface area contributed by atoms with Crippen LogP contribution in [0, 0.1) is 23.7 Å². The van der Waals surface area contributed by atoms with Crippen molar-refractivity contribution in [1.29, 1.82) is 0 Å². The summed E-state index contributed by atoms with van der Waals surface area (Å²) in [5.41, 5.74) is 0. The molecule has 4 unspecified atom stereocenters. The lowest BCUT2D eigenvalue weighted by Gasteiger charge is -2.28. The first-order chi connectivity index (χ1) is 10.1. The number of hydrogen-bond acceptors (Lipinski definition) is 2. The zero-order chi connectivity index (χ0) is 15.2. The maximum Gasteiger partial charge on any atom is 0.314 e. The molecule has 0 heterocycles. The topological polar surface area (TPSA) is 78.4 Å². The highest BCUT2D eigenvalue weighted by molar-refractivity contribution is 5.74. The predicted molar refractivity (Wildman–Crippen MR) is 81.0 cm³/mol. The Kier molecular flexibility index (Phi) is 5.88. The van der Waals surface area contributed by atoms with Crippen LogP contribution >= 0.6 is 0 Å². The van der Waals surface area contributed by atoms with E-state index in [4.69, 9.17) is 5.11 Å². The van der Waals surface area contributed by atoms with Crippen LogP contribution in [0.2, 0.25) is 0 Å². The third-order valence-corrected chi connectivity index (χ3v) is 5.32. The number of nitrogens with one attached hydrogen (secondary N) is 2. The van der Waals surface area contributed by atoms with Crippen molar-refractivity contribution in [3.63, 3.8) is 0 Å². The molecule has 2 fully saturated rings. The third kappa shape index (κ3) is 4.61. The average Bonchev–Trinajstić information content (AvgIpc) is 2.93. The Morgan fingerprint density at radius 2 is 1.57 bits per heavy atom. The molecular formula is C16H28N2O3. The second-order valence-corrected chi connectivity index (χ2v) is 6.75. The minimum atomic E-state index is -0.726. The molecule has 0 saturated heterocycles. The molecule has 2 aliphatic carbocycles. The molecule has 0 aliphatic heterocycles. The summed E-state index contributed by atoms with van der Waals surface area (Å²) in [4.78, 5) is 23.0. The Balaban J connectivity index is 1.66. The third-order valence-electron chi connectivity index (χ3n) is 5.32. The Hall–Kier alpha value is -1.26. The highest BCUT2D eigenvalue weighted by Crippen LogP contribution is 2.31. The molecule has 4 atom stereocenters. The number of carboxylic acids is 1. The second kappa shape index (κ2) is 7.66. The number of hydrogen-bond donors (Lipinski definition) is 3. The van der Waals surface area contributed by atoms with Crippen LogP contribution in [0.3, 0.4) is 0 Å². The second-order valence-electron chi connectivity index (χ2n) is 6.75. The number of carboxylic acid groups (broad SMARTS) is 1. The van der Waals surface area contributed by atoms with Crippen molar-refractivity contribution in [2.24, 2.45) is 23.7 Å². The van der Waals surface area contributed by atoms with Crippen LogP contribution in [0.5, 0.6) is 0 Å². The Bertz CT molecular complexity index is 373. The molecule has 5 heteroatoms. The molecule has 0 spiro atoms. The predicted octanol–water partition coefficient (Wildman–Crippen LogP) is 2.61. The van der Waals surface area contributed by atoms with E-state index < -0.39 is 5.97 Å². The molecule has 2 rings (SSSR count). The summed E-state index contributed by atoms with van der Waals surface area (Å²) in [5.74, 6) is 0.342. The monoisotopic (exact) mass is 296 g/mol. The van der Waals surface area contributed by atoms with Gasteiger partial charge in [0.15, 0.2) is 0 Å². The van der Waals surface area contributed by atoms with Gasteiger partial charge in [-0.3, -0.25) is 4.79 Å². The zero-order valence-electron chi connectivity index (χ0n) is 12.9. The molecule has 2 aliphatic rings. The van der Waals surface area contributed by atoms with Gasteiger partial charge in [-0.2, -0.15) is 0 Å². The SMILES string of the molecule is CC1CCCCC1CNC(=O)NCC1CCCC1C(=O)O. The van der Waals surface area contributed by atoms with E-state index >= 15 is 0 Å². The molecule has 2 saturated carbocycles. The van der Waals surface area contributed by atoms with Crippen LogP contribution in [0.1, 0.15) is 51.9 Å². The van der Waals surface area contributed by atoms with Crippen LogP contribution in [0.25, 0.3) is 0 Å². The van der Waals surface area contributed by atoms with Gasteiger partial charge in [-0.15, -0.1) is 0 Å². The van der Waals surface area contributed by atoms with Gasteiger partial charge >= 0.3 is 12.0 Å². The van der Waals surface area contributed by atoms with Crippen LogP contribution in [-0.4, -0.2) is 30.2 Å². The molecule has 0 aromatic heterocycles. The summed E-state index contributed by atoms with van der Waals surface area (Å²) >= 11 is 0. The van der Waals surface area contributed by atoms with Crippen molar-refractivity contribution in [3.05, 3.63) is 0 Å². The summed E-state index contributed by atoms with van der Waals surface area (Å²) in [6, 6.07) is -0.149. The number of carbonyl (C=O) groups excluding carboxylic acids is 1. The molecule has 3 N–H and O–H groups in total. The van der Waals surface area contributed by atoms with Gasteiger partial charge in [-0.05, 0) is 37.0 Å². The van der Waals surface area contributed by atoms with Gasteiger partial charge in [0.25, 0.3) is 0 Å². The highest BCUT2D eigenvalue weighted by Gasteiger charge is 2.32. The maximum absolute atomic E-state index is 11.9. The molecular weight excluding hydrogens is 268 g/mol. The van der Waals surface area contributed by atoms with Gasteiger partial charge < -0.3 is 15.7 Å². The van der Waals surface area contributed by atoms with E-state index in [-0.39, 0.29) is 17.9 Å². The van der Waals surface area contributed by atoms with E-state index in [9.17, 15) is 9.59 Å². The fraction of sp³-hybridized carbons (Fsp3) is 0.875. The van der Waals surface area contributed by atoms with E-state index in [1.54, 1.807) is 0 Å². The normalized spacial score (nSPS) is 32.6. The first-order valence-electron chi connectivity index (χ1n) is 8.32. The lowest BCUT2D eigenvalue weighted by molar-refractivity contribution is -0.142. The number of carbonyl (C=O) groups is 2. The summed E-state index contributed by atoms with van der Waals surface area (Å²) in [6.45, 7) is 3.47. The quantitative estimate of drug-likeness (QED) is 0.729. The number of aliphatic carboxylic acids is 1. The molecule has 0 bridgehead atoms. The van der Waals surface area contributed by atoms with Crippen molar-refractivity contribution in [1.82, 2.24) is 10.6 Å². The summed E-state index contributed by atoms with van der Waals surface area (Å²) in [5, 5.41) is 14.9. The van der Waals surface area contributed by atoms with Gasteiger partial charge in [0.2, 0.25) is 0 Å². The average molecular weight is 296 g/mol. The van der Waals surface area contributed by atoms with Crippen LogP contribution < -0.4 is 10.6 Å². The van der Waals surface area contributed by atoms with Crippen molar-refractivity contribution >= 4 is 12.0 Å². The highest BCUT2D eigenvalue weighted by atomic mass is 16.4. The molecule has 0 radical (unpaired) electrons. The van der Waals surface area contributed by atoms with E-state index in [0.29, 0.717) is 18.4 Å². The smallest absolute Gasteiger partial charge is 0.314 e. The van der Waals surface area contributed by atoms with Gasteiger partial charge in [-0.1, -0.05) is 32.6 Å². The fourth-order valence-electron chi connectivity index (χ4n) is 3.81. The van der Waals surface area contributed by atoms with Crippen molar-refractivity contribution in [2.45, 2.75) is 51.9 Å². The number of amides is 2. The Morgan fingerprint density at radius 3 is 2.24 bits per heavy atom. The molecule has 120 valence electrons. The maximum atomic E-state index is 11.9. The zero-order valence-corrected chi connectivity index (χ0v) is 12.9. The summed E-state index contributed by atoms with van der Waals surface area (Å²) < 4.78 is 0.